The third-order valence-electron chi connectivity index (χ3n) is 4.87. The van der Waals surface area contributed by atoms with Crippen LogP contribution in [0.1, 0.15) is 53.4 Å². The number of hydrogen-bond acceptors (Lipinski definition) is 1. The quantitative estimate of drug-likeness (QED) is 0.729. The van der Waals surface area contributed by atoms with Crippen LogP contribution in [0.2, 0.25) is 0 Å². The van der Waals surface area contributed by atoms with E-state index in [0.717, 1.165) is 12.0 Å². The van der Waals surface area contributed by atoms with Gasteiger partial charge in [-0.3, -0.25) is 0 Å². The molecule has 2 aliphatic rings. The third-order valence-corrected chi connectivity index (χ3v) is 4.87. The average molecular weight is 195 g/mol. The van der Waals surface area contributed by atoms with E-state index in [1.54, 1.807) is 0 Å². The molecule has 2 rings (SSSR count). The Morgan fingerprint density at radius 1 is 1.29 bits per heavy atom. The molecule has 2 bridgehead atoms. The van der Waals surface area contributed by atoms with Crippen molar-refractivity contribution in [3.63, 3.8) is 0 Å². The van der Waals surface area contributed by atoms with Crippen LogP contribution in [0, 0.1) is 16.7 Å². The summed E-state index contributed by atoms with van der Waals surface area (Å²) in [7, 11) is 0. The highest BCUT2D eigenvalue weighted by Gasteiger charge is 2.58. The van der Waals surface area contributed by atoms with Crippen molar-refractivity contribution in [2.75, 3.05) is 6.54 Å². The Hall–Kier alpha value is -0.0400. The average Bonchev–Trinajstić information content (AvgIpc) is 2.55. The van der Waals surface area contributed by atoms with E-state index in [2.05, 4.69) is 33.0 Å². The van der Waals surface area contributed by atoms with Crippen molar-refractivity contribution in [3.05, 3.63) is 0 Å². The van der Waals surface area contributed by atoms with Crippen molar-refractivity contribution in [2.24, 2.45) is 16.7 Å². The van der Waals surface area contributed by atoms with E-state index in [4.69, 9.17) is 0 Å². The SMILES string of the molecule is CCCN[C@H]1C(C)(C)[C@@H]2CC[C@@]1(C)C2. The van der Waals surface area contributed by atoms with E-state index in [1.165, 1.54) is 32.2 Å². The molecule has 0 aromatic heterocycles. The molecule has 0 aromatic carbocycles. The highest BCUT2D eigenvalue weighted by atomic mass is 15.0. The van der Waals surface area contributed by atoms with Gasteiger partial charge < -0.3 is 5.32 Å². The molecule has 0 aliphatic heterocycles. The molecule has 82 valence electrons. The van der Waals surface area contributed by atoms with Crippen molar-refractivity contribution in [1.82, 2.24) is 5.32 Å². The molecule has 0 aromatic rings. The van der Waals surface area contributed by atoms with Crippen LogP contribution in [0.5, 0.6) is 0 Å². The lowest BCUT2D eigenvalue weighted by molar-refractivity contribution is 0.109. The highest BCUT2D eigenvalue weighted by molar-refractivity contribution is 5.11. The number of fused-ring (bicyclic) bond motifs is 2. The molecule has 0 unspecified atom stereocenters. The maximum atomic E-state index is 3.79. The highest BCUT2D eigenvalue weighted by Crippen LogP contribution is 2.62. The van der Waals surface area contributed by atoms with Crippen molar-refractivity contribution < 1.29 is 0 Å². The van der Waals surface area contributed by atoms with Gasteiger partial charge in [0, 0.05) is 6.04 Å². The van der Waals surface area contributed by atoms with E-state index in [-0.39, 0.29) is 0 Å². The Balaban J connectivity index is 2.13. The lowest BCUT2D eigenvalue weighted by atomic mass is 9.68. The molecule has 0 radical (unpaired) electrons. The molecule has 2 saturated carbocycles. The Morgan fingerprint density at radius 2 is 2.00 bits per heavy atom. The van der Waals surface area contributed by atoms with Crippen LogP contribution in [-0.2, 0) is 0 Å². The molecule has 0 spiro atoms. The summed E-state index contributed by atoms with van der Waals surface area (Å²) in [6.07, 6.45) is 5.63. The summed E-state index contributed by atoms with van der Waals surface area (Å²) in [6.45, 7) is 10.9. The molecule has 0 amide bonds. The zero-order valence-electron chi connectivity index (χ0n) is 10.2. The van der Waals surface area contributed by atoms with Crippen LogP contribution in [0.4, 0.5) is 0 Å². The second-order valence-electron chi connectivity index (χ2n) is 6.30. The van der Waals surface area contributed by atoms with E-state index >= 15 is 0 Å². The predicted molar refractivity (Wildman–Crippen MR) is 61.3 cm³/mol. The Kier molecular flexibility index (Phi) is 2.42. The Bertz CT molecular complexity index is 217. The lowest BCUT2D eigenvalue weighted by Crippen LogP contribution is -2.50. The number of hydrogen-bond donors (Lipinski definition) is 1. The molecule has 0 heterocycles. The van der Waals surface area contributed by atoms with Crippen LogP contribution in [0.15, 0.2) is 0 Å². The first-order valence-electron chi connectivity index (χ1n) is 6.24. The van der Waals surface area contributed by atoms with Gasteiger partial charge in [0.25, 0.3) is 0 Å². The smallest absolute Gasteiger partial charge is 0.0175 e. The van der Waals surface area contributed by atoms with Crippen molar-refractivity contribution in [3.8, 4) is 0 Å². The molecule has 14 heavy (non-hydrogen) atoms. The first kappa shape index (κ1) is 10.5. The monoisotopic (exact) mass is 195 g/mol. The van der Waals surface area contributed by atoms with Gasteiger partial charge in [-0.1, -0.05) is 27.7 Å². The summed E-state index contributed by atoms with van der Waals surface area (Å²) >= 11 is 0. The molecule has 1 heteroatoms. The van der Waals surface area contributed by atoms with Crippen molar-refractivity contribution in [2.45, 2.75) is 59.4 Å². The lowest BCUT2D eigenvalue weighted by Gasteiger charge is -2.43. The molecule has 2 fully saturated rings. The molecule has 1 nitrogen and oxygen atoms in total. The van der Waals surface area contributed by atoms with Gasteiger partial charge in [0.05, 0.1) is 0 Å². The molecular formula is C13H25N. The van der Waals surface area contributed by atoms with Crippen LogP contribution < -0.4 is 5.32 Å². The van der Waals surface area contributed by atoms with Crippen LogP contribution in [0.3, 0.4) is 0 Å². The minimum Gasteiger partial charge on any atom is -0.313 e. The molecular weight excluding hydrogens is 170 g/mol. The second kappa shape index (κ2) is 3.23. The normalized spacial score (nSPS) is 44.6. The molecule has 3 atom stereocenters. The Morgan fingerprint density at radius 3 is 2.50 bits per heavy atom. The van der Waals surface area contributed by atoms with E-state index < -0.39 is 0 Å². The summed E-state index contributed by atoms with van der Waals surface area (Å²) < 4.78 is 0. The van der Waals surface area contributed by atoms with Crippen molar-refractivity contribution >= 4 is 0 Å². The zero-order valence-corrected chi connectivity index (χ0v) is 10.2. The summed E-state index contributed by atoms with van der Waals surface area (Å²) in [4.78, 5) is 0. The summed E-state index contributed by atoms with van der Waals surface area (Å²) in [5.41, 5.74) is 1.13. The molecule has 2 aliphatic carbocycles. The molecule has 0 saturated heterocycles. The largest absolute Gasteiger partial charge is 0.313 e. The summed E-state index contributed by atoms with van der Waals surface area (Å²) in [5, 5.41) is 3.79. The van der Waals surface area contributed by atoms with E-state index in [0.29, 0.717) is 10.8 Å². The first-order chi connectivity index (χ1) is 6.50. The van der Waals surface area contributed by atoms with Gasteiger partial charge in [-0.2, -0.15) is 0 Å². The van der Waals surface area contributed by atoms with Gasteiger partial charge in [0.1, 0.15) is 0 Å². The third kappa shape index (κ3) is 1.32. The fourth-order valence-electron chi connectivity index (χ4n) is 4.10. The predicted octanol–water partition coefficient (Wildman–Crippen LogP) is 3.20. The van der Waals surface area contributed by atoms with Crippen LogP contribution in [0.25, 0.3) is 0 Å². The first-order valence-corrected chi connectivity index (χ1v) is 6.24. The minimum absolute atomic E-state index is 0.530. The van der Waals surface area contributed by atoms with E-state index in [9.17, 15) is 0 Å². The van der Waals surface area contributed by atoms with Crippen LogP contribution in [-0.4, -0.2) is 12.6 Å². The van der Waals surface area contributed by atoms with E-state index in [1.807, 2.05) is 0 Å². The summed E-state index contributed by atoms with van der Waals surface area (Å²) in [5.74, 6) is 0.974. The fourth-order valence-corrected chi connectivity index (χ4v) is 4.10. The zero-order chi connectivity index (χ0) is 10.4. The minimum atomic E-state index is 0.530. The van der Waals surface area contributed by atoms with Crippen molar-refractivity contribution in [1.29, 1.82) is 0 Å². The molecule has 1 N–H and O–H groups in total. The second-order valence-corrected chi connectivity index (χ2v) is 6.30. The van der Waals surface area contributed by atoms with Gasteiger partial charge in [-0.05, 0) is 49.0 Å². The maximum absolute atomic E-state index is 3.79. The van der Waals surface area contributed by atoms with Gasteiger partial charge in [0.15, 0.2) is 0 Å². The van der Waals surface area contributed by atoms with Gasteiger partial charge >= 0.3 is 0 Å². The fraction of sp³-hybridized carbons (Fsp3) is 1.00. The van der Waals surface area contributed by atoms with Crippen LogP contribution >= 0.6 is 0 Å². The summed E-state index contributed by atoms with van der Waals surface area (Å²) in [6, 6.07) is 0.758. The van der Waals surface area contributed by atoms with Gasteiger partial charge in [0.2, 0.25) is 0 Å². The maximum Gasteiger partial charge on any atom is 0.0175 e. The van der Waals surface area contributed by atoms with Gasteiger partial charge in [-0.25, -0.2) is 0 Å². The standard InChI is InChI=1S/C13H25N/c1-5-8-14-11-12(2,3)10-6-7-13(11,4)9-10/h10-11,14H,5-9H2,1-4H3/t10-,11+,13+/m1/s1. The number of nitrogens with one attached hydrogen (secondary N) is 1. The Labute approximate surface area is 88.7 Å². The van der Waals surface area contributed by atoms with Gasteiger partial charge in [-0.15, -0.1) is 0 Å². The topological polar surface area (TPSA) is 12.0 Å². The number of rotatable bonds is 3.